The summed E-state index contributed by atoms with van der Waals surface area (Å²) in [6.07, 6.45) is 6.15. The second-order valence-electron chi connectivity index (χ2n) is 8.72. The van der Waals surface area contributed by atoms with Gasteiger partial charge in [-0.1, -0.05) is 19.1 Å². The molecule has 5 heterocycles. The number of hydrogen-bond donors (Lipinski definition) is 1. The van der Waals surface area contributed by atoms with Crippen molar-refractivity contribution in [1.29, 1.82) is 0 Å². The smallest absolute Gasteiger partial charge is 0.283 e. The summed E-state index contributed by atoms with van der Waals surface area (Å²) in [6, 6.07) is 11.1. The Labute approximate surface area is 196 Å². The highest BCUT2D eigenvalue weighted by molar-refractivity contribution is 5.77. The second-order valence-corrected chi connectivity index (χ2v) is 8.72. The quantitative estimate of drug-likeness (QED) is 0.572. The van der Waals surface area contributed by atoms with Gasteiger partial charge in [-0.15, -0.1) is 0 Å². The molecule has 2 N–H and O–H groups in total. The summed E-state index contributed by atoms with van der Waals surface area (Å²) >= 11 is 0. The van der Waals surface area contributed by atoms with Gasteiger partial charge in [-0.25, -0.2) is 9.98 Å². The third-order valence-electron chi connectivity index (χ3n) is 6.68. The lowest BCUT2D eigenvalue weighted by atomic mass is 9.71. The minimum atomic E-state index is -0.881. The zero-order valence-corrected chi connectivity index (χ0v) is 18.6. The van der Waals surface area contributed by atoms with Gasteiger partial charge in [0.15, 0.2) is 5.75 Å². The number of rotatable bonds is 2. The maximum Gasteiger partial charge on any atom is 0.283 e. The van der Waals surface area contributed by atoms with Crippen LogP contribution in [0.3, 0.4) is 0 Å². The van der Waals surface area contributed by atoms with Gasteiger partial charge in [-0.3, -0.25) is 4.98 Å². The van der Waals surface area contributed by atoms with Gasteiger partial charge in [0.1, 0.15) is 11.3 Å². The van der Waals surface area contributed by atoms with Crippen molar-refractivity contribution in [1.82, 2.24) is 9.97 Å². The summed E-state index contributed by atoms with van der Waals surface area (Å²) in [7, 11) is 0. The molecule has 0 amide bonds. The Morgan fingerprint density at radius 2 is 2.00 bits per heavy atom. The lowest BCUT2D eigenvalue weighted by Crippen LogP contribution is -2.45. The molecule has 7 nitrogen and oxygen atoms in total. The zero-order valence-electron chi connectivity index (χ0n) is 18.6. The van der Waals surface area contributed by atoms with Crippen molar-refractivity contribution < 1.29 is 18.6 Å². The van der Waals surface area contributed by atoms with Gasteiger partial charge in [-0.2, -0.15) is 4.39 Å². The van der Waals surface area contributed by atoms with Crippen LogP contribution in [0.25, 0.3) is 16.7 Å². The Morgan fingerprint density at radius 3 is 2.82 bits per heavy atom. The minimum Gasteiger partial charge on any atom is -0.465 e. The number of hydrogen-bond acceptors (Lipinski definition) is 7. The van der Waals surface area contributed by atoms with Gasteiger partial charge < -0.3 is 19.9 Å². The van der Waals surface area contributed by atoms with Crippen molar-refractivity contribution >= 4 is 11.6 Å². The van der Waals surface area contributed by atoms with Crippen LogP contribution in [0.2, 0.25) is 0 Å². The monoisotopic (exact) mass is 458 g/mol. The van der Waals surface area contributed by atoms with Crippen molar-refractivity contribution in [2.45, 2.75) is 18.9 Å². The average Bonchev–Trinajstić information content (AvgIpc) is 2.87. The average molecular weight is 458 g/mol. The second kappa shape index (κ2) is 7.92. The van der Waals surface area contributed by atoms with Crippen molar-refractivity contribution in [2.24, 2.45) is 16.6 Å². The predicted molar refractivity (Wildman–Crippen MR) is 125 cm³/mol. The largest absolute Gasteiger partial charge is 0.465 e. The maximum atomic E-state index is 14.5. The van der Waals surface area contributed by atoms with E-state index < -0.39 is 11.5 Å². The van der Waals surface area contributed by atoms with Gasteiger partial charge in [0.05, 0.1) is 31.7 Å². The first-order valence-corrected chi connectivity index (χ1v) is 11.3. The minimum absolute atomic E-state index is 0.0815. The first kappa shape index (κ1) is 20.8. The van der Waals surface area contributed by atoms with Crippen LogP contribution >= 0.6 is 0 Å². The van der Waals surface area contributed by atoms with E-state index in [9.17, 15) is 4.39 Å². The number of pyridine rings is 2. The van der Waals surface area contributed by atoms with Gasteiger partial charge in [0.2, 0.25) is 5.95 Å². The van der Waals surface area contributed by atoms with E-state index in [2.05, 4.69) is 23.0 Å². The van der Waals surface area contributed by atoms with E-state index in [1.807, 2.05) is 24.3 Å². The number of aliphatic imine (C=N–C) groups is 1. The number of amidine groups is 1. The molecule has 0 fully saturated rings. The van der Waals surface area contributed by atoms with Gasteiger partial charge in [-0.05, 0) is 47.9 Å². The van der Waals surface area contributed by atoms with Crippen LogP contribution < -0.4 is 10.5 Å². The molecule has 172 valence electrons. The molecular weight excluding hydrogens is 435 g/mol. The van der Waals surface area contributed by atoms with Crippen molar-refractivity contribution in [3.63, 3.8) is 0 Å². The van der Waals surface area contributed by atoms with Gasteiger partial charge >= 0.3 is 0 Å². The molecule has 0 saturated heterocycles. The lowest BCUT2D eigenvalue weighted by molar-refractivity contribution is 0.152. The molecule has 3 aliphatic heterocycles. The molecule has 0 radical (unpaired) electrons. The van der Waals surface area contributed by atoms with Crippen LogP contribution in [-0.2, 0) is 15.0 Å². The highest BCUT2D eigenvalue weighted by Crippen LogP contribution is 2.54. The number of aromatic nitrogens is 2. The predicted octanol–water partition coefficient (Wildman–Crippen LogP) is 4.42. The Kier molecular flexibility index (Phi) is 4.84. The van der Waals surface area contributed by atoms with Crippen LogP contribution in [0, 0.1) is 11.9 Å². The van der Waals surface area contributed by atoms with E-state index >= 15 is 0 Å². The van der Waals surface area contributed by atoms with E-state index in [1.54, 1.807) is 18.3 Å². The van der Waals surface area contributed by atoms with E-state index in [0.29, 0.717) is 42.4 Å². The third kappa shape index (κ3) is 3.17. The van der Waals surface area contributed by atoms with Crippen LogP contribution in [0.15, 0.2) is 59.9 Å². The van der Waals surface area contributed by atoms with E-state index in [0.717, 1.165) is 28.8 Å². The molecule has 0 aliphatic carbocycles. The Balaban J connectivity index is 1.59. The molecule has 3 aromatic rings. The molecule has 6 rings (SSSR count). The molecule has 1 spiro atoms. The van der Waals surface area contributed by atoms with Gasteiger partial charge in [0.25, 0.3) is 6.02 Å². The Bertz CT molecular complexity index is 1360. The molecule has 34 heavy (non-hydrogen) atoms. The maximum absolute atomic E-state index is 14.5. The normalized spacial score (nSPS) is 23.2. The zero-order chi connectivity index (χ0) is 23.3. The van der Waals surface area contributed by atoms with Crippen LogP contribution in [0.1, 0.15) is 30.2 Å². The molecule has 1 aromatic carbocycles. The highest BCUT2D eigenvalue weighted by atomic mass is 19.1. The summed E-state index contributed by atoms with van der Waals surface area (Å²) < 4.78 is 32.1. The van der Waals surface area contributed by atoms with Crippen molar-refractivity contribution in [3.8, 4) is 22.6 Å². The SMILES string of the molecule is C[C@@H]1COC(N)=NC12c1cc(-c3cccnc3F)ccc1Oc1cnc(C3=CCCOC3)cc12. The summed E-state index contributed by atoms with van der Waals surface area (Å²) in [5.41, 5.74) is 9.83. The fraction of sp³-hybridized carbons (Fsp3) is 0.269. The highest BCUT2D eigenvalue weighted by Gasteiger charge is 2.49. The number of nitrogens with two attached hydrogens (primary N) is 1. The third-order valence-corrected chi connectivity index (χ3v) is 6.68. The van der Waals surface area contributed by atoms with E-state index in [1.165, 1.54) is 6.20 Å². The van der Waals surface area contributed by atoms with E-state index in [4.69, 9.17) is 24.9 Å². The number of benzene rings is 1. The Morgan fingerprint density at radius 1 is 1.12 bits per heavy atom. The number of fused-ring (bicyclic) bond motifs is 4. The molecule has 0 bridgehead atoms. The molecule has 1 unspecified atom stereocenters. The summed E-state index contributed by atoms with van der Waals surface area (Å²) in [5, 5.41) is 0. The Hall–Kier alpha value is -3.78. The fourth-order valence-electron chi connectivity index (χ4n) is 4.98. The van der Waals surface area contributed by atoms with Crippen molar-refractivity contribution in [2.75, 3.05) is 19.8 Å². The molecule has 3 aliphatic rings. The molecule has 8 heteroatoms. The molecule has 2 atom stereocenters. The number of nitrogens with zero attached hydrogens (tertiary/aromatic N) is 3. The van der Waals surface area contributed by atoms with Crippen LogP contribution in [0.4, 0.5) is 4.39 Å². The molecular formula is C26H23FN4O3. The summed E-state index contributed by atoms with van der Waals surface area (Å²) in [4.78, 5) is 13.3. The van der Waals surface area contributed by atoms with Gasteiger partial charge in [0, 0.05) is 28.8 Å². The number of halogens is 1. The summed E-state index contributed by atoms with van der Waals surface area (Å²) in [6.45, 7) is 3.65. The molecule has 2 aromatic heterocycles. The standard InChI is InChI=1S/C26H23FN4O3/c1-15-13-33-25(28)31-26(15)19-10-16(18-5-2-8-29-24(18)27)6-7-22(19)34-23-12-30-21(11-20(23)26)17-4-3-9-32-14-17/h2,4-8,10-12,15H,3,9,13-14H2,1H3,(H2,28,31)/t15-,26?/m1/s1. The fourth-order valence-corrected chi connectivity index (χ4v) is 4.98. The first-order valence-electron chi connectivity index (χ1n) is 11.3. The van der Waals surface area contributed by atoms with Crippen LogP contribution in [0.5, 0.6) is 11.5 Å². The number of ether oxygens (including phenoxy) is 3. The summed E-state index contributed by atoms with van der Waals surface area (Å²) in [5.74, 6) is 0.620. The van der Waals surface area contributed by atoms with Crippen molar-refractivity contribution in [3.05, 3.63) is 77.6 Å². The lowest BCUT2D eigenvalue weighted by Gasteiger charge is -2.43. The first-order chi connectivity index (χ1) is 16.6. The van der Waals surface area contributed by atoms with E-state index in [-0.39, 0.29) is 11.9 Å². The van der Waals surface area contributed by atoms with Crippen LogP contribution in [-0.4, -0.2) is 35.8 Å². The topological polar surface area (TPSA) is 91.9 Å². The molecule has 0 saturated carbocycles.